The monoisotopic (exact) mass is 254 g/mol. The molecule has 0 bridgehead atoms. The molecule has 0 aromatic heterocycles. The normalized spacial score (nSPS) is 26.5. The highest BCUT2D eigenvalue weighted by Crippen LogP contribution is 2.39. The van der Waals surface area contributed by atoms with Gasteiger partial charge < -0.3 is 5.32 Å². The molecule has 4 nitrogen and oxygen atoms in total. The van der Waals surface area contributed by atoms with E-state index >= 15 is 0 Å². The molecule has 0 amide bonds. The lowest BCUT2D eigenvalue weighted by molar-refractivity contribution is 0.218. The van der Waals surface area contributed by atoms with E-state index in [4.69, 9.17) is 0 Å². The summed E-state index contributed by atoms with van der Waals surface area (Å²) in [5.41, 5.74) is 0.286. The molecular formula is C9H19ClN2O2S. The molecule has 2 saturated heterocycles. The van der Waals surface area contributed by atoms with Crippen molar-refractivity contribution in [3.63, 3.8) is 0 Å². The fourth-order valence-corrected chi connectivity index (χ4v) is 3.47. The van der Waals surface area contributed by atoms with Gasteiger partial charge >= 0.3 is 0 Å². The average Bonchev–Trinajstić information content (AvgIpc) is 2.50. The highest BCUT2D eigenvalue weighted by molar-refractivity contribution is 7.88. The molecule has 90 valence electrons. The standard InChI is InChI=1S/C9H18N2O2S.ClH/c1-14(12,13)11-7-4-9(8-11)2-5-10-6-3-9;/h10H,2-8H2,1H3;1H. The van der Waals surface area contributed by atoms with Crippen molar-refractivity contribution in [2.45, 2.75) is 19.3 Å². The Morgan fingerprint density at radius 2 is 1.80 bits per heavy atom. The molecule has 0 unspecified atom stereocenters. The van der Waals surface area contributed by atoms with E-state index in [1.807, 2.05) is 0 Å². The first kappa shape index (κ1) is 13.2. The summed E-state index contributed by atoms with van der Waals surface area (Å²) in [7, 11) is -2.96. The topological polar surface area (TPSA) is 49.4 Å². The fraction of sp³-hybridized carbons (Fsp3) is 1.00. The number of piperidine rings is 1. The van der Waals surface area contributed by atoms with Gasteiger partial charge in [-0.1, -0.05) is 0 Å². The zero-order chi connectivity index (χ0) is 10.2. The van der Waals surface area contributed by atoms with E-state index in [9.17, 15) is 8.42 Å². The zero-order valence-corrected chi connectivity index (χ0v) is 10.7. The summed E-state index contributed by atoms with van der Waals surface area (Å²) >= 11 is 0. The first-order chi connectivity index (χ1) is 6.52. The molecule has 0 atom stereocenters. The Morgan fingerprint density at radius 1 is 1.20 bits per heavy atom. The minimum absolute atomic E-state index is 0. The molecule has 1 N–H and O–H groups in total. The zero-order valence-electron chi connectivity index (χ0n) is 9.03. The van der Waals surface area contributed by atoms with Gasteiger partial charge in [0.2, 0.25) is 10.0 Å². The van der Waals surface area contributed by atoms with Crippen molar-refractivity contribution in [1.29, 1.82) is 0 Å². The van der Waals surface area contributed by atoms with E-state index < -0.39 is 10.0 Å². The summed E-state index contributed by atoms with van der Waals surface area (Å²) in [6.45, 7) is 3.54. The number of hydrogen-bond acceptors (Lipinski definition) is 3. The van der Waals surface area contributed by atoms with Crippen molar-refractivity contribution in [2.24, 2.45) is 5.41 Å². The second kappa shape index (κ2) is 4.57. The lowest BCUT2D eigenvalue weighted by Gasteiger charge is -2.33. The molecule has 2 aliphatic rings. The van der Waals surface area contributed by atoms with E-state index in [2.05, 4.69) is 5.32 Å². The Hall–Kier alpha value is 0.160. The molecule has 0 aliphatic carbocycles. The second-order valence-corrected chi connectivity index (χ2v) is 6.58. The molecule has 6 heteroatoms. The summed E-state index contributed by atoms with van der Waals surface area (Å²) in [5.74, 6) is 0. The molecule has 0 aromatic carbocycles. The maximum Gasteiger partial charge on any atom is 0.211 e. The van der Waals surface area contributed by atoms with E-state index in [0.29, 0.717) is 0 Å². The fourth-order valence-electron chi connectivity index (χ4n) is 2.54. The van der Waals surface area contributed by atoms with Crippen molar-refractivity contribution in [3.8, 4) is 0 Å². The van der Waals surface area contributed by atoms with Crippen LogP contribution in [0.1, 0.15) is 19.3 Å². The smallest absolute Gasteiger partial charge is 0.211 e. The molecule has 2 fully saturated rings. The van der Waals surface area contributed by atoms with Crippen LogP contribution in [0, 0.1) is 5.41 Å². The van der Waals surface area contributed by atoms with Crippen molar-refractivity contribution in [1.82, 2.24) is 9.62 Å². The number of rotatable bonds is 1. The SMILES string of the molecule is CS(=O)(=O)N1CCC2(CCNCC2)C1.Cl. The van der Waals surface area contributed by atoms with Crippen LogP contribution >= 0.6 is 12.4 Å². The van der Waals surface area contributed by atoms with Gasteiger partial charge in [-0.15, -0.1) is 12.4 Å². The second-order valence-electron chi connectivity index (χ2n) is 4.60. The lowest BCUT2D eigenvalue weighted by atomic mass is 9.78. The van der Waals surface area contributed by atoms with Crippen LogP contribution in [-0.2, 0) is 10.0 Å². The Bertz CT molecular complexity index is 312. The van der Waals surface area contributed by atoms with Crippen molar-refractivity contribution in [3.05, 3.63) is 0 Å². The summed E-state index contributed by atoms with van der Waals surface area (Å²) in [6, 6.07) is 0. The van der Waals surface area contributed by atoms with Crippen LogP contribution in [-0.4, -0.2) is 45.2 Å². The van der Waals surface area contributed by atoms with Crippen LogP contribution in [0.5, 0.6) is 0 Å². The molecular weight excluding hydrogens is 236 g/mol. The molecule has 0 radical (unpaired) electrons. The Balaban J connectivity index is 0.00000112. The summed E-state index contributed by atoms with van der Waals surface area (Å²) in [4.78, 5) is 0. The molecule has 2 rings (SSSR count). The third-order valence-corrected chi connectivity index (χ3v) is 4.79. The van der Waals surface area contributed by atoms with Crippen LogP contribution in [0.4, 0.5) is 0 Å². The summed E-state index contributed by atoms with van der Waals surface area (Å²) in [6.07, 6.45) is 4.60. The van der Waals surface area contributed by atoms with Gasteiger partial charge in [0.25, 0.3) is 0 Å². The molecule has 2 aliphatic heterocycles. The first-order valence-electron chi connectivity index (χ1n) is 5.18. The number of nitrogens with one attached hydrogen (secondary N) is 1. The van der Waals surface area contributed by atoms with Gasteiger partial charge in [0.05, 0.1) is 6.26 Å². The van der Waals surface area contributed by atoms with Crippen LogP contribution in [0.3, 0.4) is 0 Å². The van der Waals surface area contributed by atoms with E-state index in [-0.39, 0.29) is 17.8 Å². The van der Waals surface area contributed by atoms with Gasteiger partial charge in [-0.3, -0.25) is 0 Å². The number of nitrogens with zero attached hydrogens (tertiary/aromatic N) is 1. The molecule has 2 heterocycles. The van der Waals surface area contributed by atoms with Gasteiger partial charge in [-0.25, -0.2) is 12.7 Å². The predicted octanol–water partition coefficient (Wildman–Crippen LogP) is 0.443. The molecule has 0 aromatic rings. The van der Waals surface area contributed by atoms with Gasteiger partial charge in [0.15, 0.2) is 0 Å². The Labute approximate surface area is 97.9 Å². The Morgan fingerprint density at radius 3 is 2.27 bits per heavy atom. The first-order valence-corrected chi connectivity index (χ1v) is 7.03. The average molecular weight is 255 g/mol. The van der Waals surface area contributed by atoms with Crippen LogP contribution in [0.25, 0.3) is 0 Å². The van der Waals surface area contributed by atoms with Crippen LogP contribution < -0.4 is 5.32 Å². The van der Waals surface area contributed by atoms with E-state index in [1.165, 1.54) is 6.26 Å². The highest BCUT2D eigenvalue weighted by Gasteiger charge is 2.41. The largest absolute Gasteiger partial charge is 0.317 e. The van der Waals surface area contributed by atoms with E-state index in [0.717, 1.165) is 45.4 Å². The van der Waals surface area contributed by atoms with Gasteiger partial charge in [-0.05, 0) is 37.8 Å². The minimum Gasteiger partial charge on any atom is -0.317 e. The third-order valence-electron chi connectivity index (χ3n) is 3.54. The third kappa shape index (κ3) is 2.84. The molecule has 1 spiro atoms. The van der Waals surface area contributed by atoms with Crippen molar-refractivity contribution < 1.29 is 8.42 Å². The summed E-state index contributed by atoms with van der Waals surface area (Å²) in [5, 5.41) is 3.32. The predicted molar refractivity (Wildman–Crippen MR) is 62.8 cm³/mol. The van der Waals surface area contributed by atoms with Crippen LogP contribution in [0.2, 0.25) is 0 Å². The minimum atomic E-state index is -2.96. The molecule has 0 saturated carbocycles. The van der Waals surface area contributed by atoms with E-state index in [1.54, 1.807) is 4.31 Å². The number of hydrogen-bond donors (Lipinski definition) is 1. The number of halogens is 1. The molecule has 15 heavy (non-hydrogen) atoms. The summed E-state index contributed by atoms with van der Waals surface area (Å²) < 4.78 is 24.4. The van der Waals surface area contributed by atoms with Crippen LogP contribution in [0.15, 0.2) is 0 Å². The Kier molecular flexibility index (Phi) is 4.03. The van der Waals surface area contributed by atoms with Gasteiger partial charge in [0, 0.05) is 13.1 Å². The van der Waals surface area contributed by atoms with Gasteiger partial charge in [0.1, 0.15) is 0 Å². The highest BCUT2D eigenvalue weighted by atomic mass is 35.5. The quantitative estimate of drug-likeness (QED) is 0.739. The number of sulfonamides is 1. The maximum absolute atomic E-state index is 11.4. The van der Waals surface area contributed by atoms with Crippen molar-refractivity contribution >= 4 is 22.4 Å². The lowest BCUT2D eigenvalue weighted by Crippen LogP contribution is -2.39. The van der Waals surface area contributed by atoms with Gasteiger partial charge in [-0.2, -0.15) is 0 Å². The van der Waals surface area contributed by atoms with Crippen molar-refractivity contribution in [2.75, 3.05) is 32.4 Å². The maximum atomic E-state index is 11.4.